The molecule has 0 unspecified atom stereocenters. The molecule has 0 saturated heterocycles. The standard InChI is InChI=1S/C19H18ClFN2O3/c1-2-26-18(24)10-12-3-6-16(15(20)9-12)22-19(25)23-8-7-13-4-5-14(21)11-17(13)23/h3-6,9,11H,2,7-8,10H2,1H3,(H,22,25). The Hall–Kier alpha value is -2.60. The molecule has 0 aromatic heterocycles. The number of urea groups is 1. The molecule has 1 N–H and O–H groups in total. The van der Waals surface area contributed by atoms with Gasteiger partial charge in [0.25, 0.3) is 0 Å². The lowest BCUT2D eigenvalue weighted by Gasteiger charge is -2.19. The van der Waals surface area contributed by atoms with Gasteiger partial charge in [0.2, 0.25) is 0 Å². The van der Waals surface area contributed by atoms with Crippen molar-refractivity contribution < 1.29 is 18.7 Å². The zero-order chi connectivity index (χ0) is 18.7. The average molecular weight is 377 g/mol. The predicted octanol–water partition coefficient (Wildman–Crippen LogP) is 4.18. The molecule has 0 fully saturated rings. The van der Waals surface area contributed by atoms with Crippen LogP contribution in [-0.2, 0) is 22.4 Å². The molecule has 1 aliphatic rings. The molecular formula is C19H18ClFN2O3. The quantitative estimate of drug-likeness (QED) is 0.814. The van der Waals surface area contributed by atoms with Gasteiger partial charge in [-0.1, -0.05) is 23.7 Å². The van der Waals surface area contributed by atoms with Gasteiger partial charge in [-0.15, -0.1) is 0 Å². The molecule has 0 atom stereocenters. The van der Waals surface area contributed by atoms with E-state index >= 15 is 0 Å². The number of ether oxygens (including phenoxy) is 1. The third-order valence-electron chi connectivity index (χ3n) is 4.12. The first kappa shape index (κ1) is 18.2. The molecule has 26 heavy (non-hydrogen) atoms. The molecule has 2 aromatic carbocycles. The summed E-state index contributed by atoms with van der Waals surface area (Å²) in [6.07, 6.45) is 0.788. The molecule has 2 aromatic rings. The first-order valence-electron chi connectivity index (χ1n) is 8.29. The zero-order valence-corrected chi connectivity index (χ0v) is 15.0. The molecular weight excluding hydrogens is 359 g/mol. The van der Waals surface area contributed by atoms with Gasteiger partial charge in [0, 0.05) is 6.54 Å². The monoisotopic (exact) mass is 376 g/mol. The highest BCUT2D eigenvalue weighted by atomic mass is 35.5. The maximum atomic E-state index is 13.5. The number of carbonyl (C=O) groups is 2. The van der Waals surface area contributed by atoms with Gasteiger partial charge in [0.05, 0.1) is 29.4 Å². The summed E-state index contributed by atoms with van der Waals surface area (Å²) >= 11 is 6.22. The Morgan fingerprint density at radius 3 is 2.81 bits per heavy atom. The molecule has 1 aliphatic heterocycles. The maximum absolute atomic E-state index is 13.5. The van der Waals surface area contributed by atoms with E-state index in [0.29, 0.717) is 41.5 Å². The summed E-state index contributed by atoms with van der Waals surface area (Å²) in [7, 11) is 0. The normalized spacial score (nSPS) is 12.7. The topological polar surface area (TPSA) is 58.6 Å². The van der Waals surface area contributed by atoms with Crippen molar-refractivity contribution in [2.75, 3.05) is 23.4 Å². The van der Waals surface area contributed by atoms with Crippen molar-refractivity contribution in [2.45, 2.75) is 19.8 Å². The molecule has 0 spiro atoms. The van der Waals surface area contributed by atoms with E-state index in [0.717, 1.165) is 5.56 Å². The molecule has 7 heteroatoms. The third-order valence-corrected chi connectivity index (χ3v) is 4.43. The smallest absolute Gasteiger partial charge is 0.326 e. The molecule has 1 heterocycles. The third kappa shape index (κ3) is 3.96. The van der Waals surface area contributed by atoms with Gasteiger partial charge in [-0.25, -0.2) is 9.18 Å². The Kier molecular flexibility index (Phi) is 5.42. The maximum Gasteiger partial charge on any atom is 0.326 e. The van der Waals surface area contributed by atoms with Crippen LogP contribution in [0.25, 0.3) is 0 Å². The summed E-state index contributed by atoms with van der Waals surface area (Å²) in [5.74, 6) is -0.721. The van der Waals surface area contributed by atoms with Gasteiger partial charge in [0.15, 0.2) is 0 Å². The largest absolute Gasteiger partial charge is 0.466 e. The number of hydrogen-bond acceptors (Lipinski definition) is 3. The fourth-order valence-electron chi connectivity index (χ4n) is 2.89. The number of rotatable bonds is 4. The van der Waals surface area contributed by atoms with Crippen LogP contribution in [0.15, 0.2) is 36.4 Å². The van der Waals surface area contributed by atoms with Crippen LogP contribution in [0.3, 0.4) is 0 Å². The highest BCUT2D eigenvalue weighted by molar-refractivity contribution is 6.34. The Balaban J connectivity index is 1.71. The van der Waals surface area contributed by atoms with E-state index in [1.807, 2.05) is 0 Å². The van der Waals surface area contributed by atoms with Crippen molar-refractivity contribution in [1.29, 1.82) is 0 Å². The SMILES string of the molecule is CCOC(=O)Cc1ccc(NC(=O)N2CCc3ccc(F)cc32)c(Cl)c1. The highest BCUT2D eigenvalue weighted by Crippen LogP contribution is 2.30. The Morgan fingerprint density at radius 2 is 2.08 bits per heavy atom. The minimum Gasteiger partial charge on any atom is -0.466 e. The minimum atomic E-state index is -0.384. The van der Waals surface area contributed by atoms with E-state index in [1.54, 1.807) is 31.2 Å². The van der Waals surface area contributed by atoms with Crippen LogP contribution in [0.5, 0.6) is 0 Å². The first-order valence-corrected chi connectivity index (χ1v) is 8.66. The van der Waals surface area contributed by atoms with Crippen LogP contribution < -0.4 is 10.2 Å². The summed E-state index contributed by atoms with van der Waals surface area (Å²) in [6.45, 7) is 2.54. The van der Waals surface area contributed by atoms with Crippen LogP contribution in [-0.4, -0.2) is 25.2 Å². The second kappa shape index (κ2) is 7.74. The van der Waals surface area contributed by atoms with Crippen LogP contribution in [0.2, 0.25) is 5.02 Å². The fraction of sp³-hybridized carbons (Fsp3) is 0.263. The van der Waals surface area contributed by atoms with Crippen molar-refractivity contribution >= 4 is 35.0 Å². The summed E-state index contributed by atoms with van der Waals surface area (Å²) in [6, 6.07) is 9.01. The average Bonchev–Trinajstić information content (AvgIpc) is 3.00. The summed E-state index contributed by atoms with van der Waals surface area (Å²) in [4.78, 5) is 25.6. The molecule has 2 amide bonds. The number of halogens is 2. The number of amides is 2. The van der Waals surface area contributed by atoms with E-state index in [1.165, 1.54) is 17.0 Å². The molecule has 3 rings (SSSR count). The molecule has 0 aliphatic carbocycles. The Morgan fingerprint density at radius 1 is 1.27 bits per heavy atom. The van der Waals surface area contributed by atoms with Crippen molar-refractivity contribution in [3.05, 3.63) is 58.4 Å². The Bertz CT molecular complexity index is 857. The lowest BCUT2D eigenvalue weighted by Crippen LogP contribution is -2.33. The van der Waals surface area contributed by atoms with E-state index in [4.69, 9.17) is 16.3 Å². The van der Waals surface area contributed by atoms with Gasteiger partial charge in [-0.2, -0.15) is 0 Å². The van der Waals surface area contributed by atoms with Gasteiger partial charge in [-0.05, 0) is 48.7 Å². The molecule has 0 bridgehead atoms. The fourth-order valence-corrected chi connectivity index (χ4v) is 3.15. The number of nitrogens with one attached hydrogen (secondary N) is 1. The lowest BCUT2D eigenvalue weighted by molar-refractivity contribution is -0.142. The minimum absolute atomic E-state index is 0.112. The highest BCUT2D eigenvalue weighted by Gasteiger charge is 2.25. The Labute approximate surface area is 155 Å². The number of fused-ring (bicyclic) bond motifs is 1. The van der Waals surface area contributed by atoms with Crippen LogP contribution in [0, 0.1) is 5.82 Å². The summed E-state index contributed by atoms with van der Waals surface area (Å²) < 4.78 is 18.4. The second-order valence-corrected chi connectivity index (χ2v) is 6.31. The van der Waals surface area contributed by atoms with Gasteiger partial charge >= 0.3 is 12.0 Å². The summed E-state index contributed by atoms with van der Waals surface area (Å²) in [5, 5.41) is 3.05. The van der Waals surface area contributed by atoms with Gasteiger partial charge in [-0.3, -0.25) is 9.69 Å². The van der Waals surface area contributed by atoms with Gasteiger partial charge < -0.3 is 10.1 Å². The van der Waals surface area contributed by atoms with Crippen LogP contribution >= 0.6 is 11.6 Å². The number of esters is 1. The first-order chi connectivity index (χ1) is 12.5. The molecule has 0 saturated carbocycles. The number of nitrogens with zero attached hydrogens (tertiary/aromatic N) is 1. The van der Waals surface area contributed by atoms with Crippen molar-refractivity contribution in [2.24, 2.45) is 0 Å². The van der Waals surface area contributed by atoms with E-state index in [9.17, 15) is 14.0 Å². The second-order valence-electron chi connectivity index (χ2n) is 5.90. The van der Waals surface area contributed by atoms with Crippen LogP contribution in [0.1, 0.15) is 18.1 Å². The lowest BCUT2D eigenvalue weighted by atomic mass is 10.1. The zero-order valence-electron chi connectivity index (χ0n) is 14.2. The van der Waals surface area contributed by atoms with Crippen molar-refractivity contribution in [3.8, 4) is 0 Å². The molecule has 5 nitrogen and oxygen atoms in total. The number of carbonyl (C=O) groups excluding carboxylic acids is 2. The molecule has 0 radical (unpaired) electrons. The summed E-state index contributed by atoms with van der Waals surface area (Å²) in [5.41, 5.74) is 2.61. The van der Waals surface area contributed by atoms with Crippen molar-refractivity contribution in [3.63, 3.8) is 0 Å². The number of hydrogen-bond donors (Lipinski definition) is 1. The van der Waals surface area contributed by atoms with E-state index < -0.39 is 0 Å². The number of benzene rings is 2. The van der Waals surface area contributed by atoms with E-state index in [2.05, 4.69) is 5.32 Å². The van der Waals surface area contributed by atoms with Crippen LogP contribution in [0.4, 0.5) is 20.6 Å². The van der Waals surface area contributed by atoms with Gasteiger partial charge in [0.1, 0.15) is 5.82 Å². The number of anilines is 2. The van der Waals surface area contributed by atoms with Crippen molar-refractivity contribution in [1.82, 2.24) is 0 Å². The van der Waals surface area contributed by atoms with E-state index in [-0.39, 0.29) is 24.2 Å². The molecule has 136 valence electrons. The predicted molar refractivity (Wildman–Crippen MR) is 98.3 cm³/mol.